The number of benzene rings is 2. The van der Waals surface area contributed by atoms with Crippen LogP contribution in [0.3, 0.4) is 0 Å². The van der Waals surface area contributed by atoms with Gasteiger partial charge in [0.1, 0.15) is 11.6 Å². The van der Waals surface area contributed by atoms with Crippen LogP contribution in [-0.4, -0.2) is 7.11 Å². The number of aryl methyl sites for hydroxylation is 2. The van der Waals surface area contributed by atoms with E-state index in [-0.39, 0.29) is 11.2 Å². The van der Waals surface area contributed by atoms with E-state index in [0.29, 0.717) is 6.42 Å². The number of rotatable bonds is 4. The zero-order valence-corrected chi connectivity index (χ0v) is 12.7. The molecule has 0 fully saturated rings. The highest BCUT2D eigenvalue weighted by atomic mass is 35.5. The lowest BCUT2D eigenvalue weighted by atomic mass is 9.95. The van der Waals surface area contributed by atoms with Crippen LogP contribution in [0.15, 0.2) is 36.4 Å². The van der Waals surface area contributed by atoms with Gasteiger partial charge in [0.15, 0.2) is 0 Å². The van der Waals surface area contributed by atoms with Crippen molar-refractivity contribution < 1.29 is 9.13 Å². The van der Waals surface area contributed by atoms with E-state index >= 15 is 0 Å². The van der Waals surface area contributed by atoms with Crippen molar-refractivity contribution in [2.45, 2.75) is 25.6 Å². The number of ether oxygens (including phenoxy) is 1. The Bertz CT molecular complexity index is 587. The van der Waals surface area contributed by atoms with Crippen molar-refractivity contribution >= 4 is 11.6 Å². The molecule has 1 atom stereocenters. The van der Waals surface area contributed by atoms with E-state index in [1.165, 1.54) is 12.1 Å². The summed E-state index contributed by atoms with van der Waals surface area (Å²) in [6, 6.07) is 10.9. The highest BCUT2D eigenvalue weighted by molar-refractivity contribution is 6.21. The average Bonchev–Trinajstić information content (AvgIpc) is 2.37. The van der Waals surface area contributed by atoms with Crippen LogP contribution in [0.1, 0.15) is 27.6 Å². The summed E-state index contributed by atoms with van der Waals surface area (Å²) < 4.78 is 18.6. The number of hydrogen-bond donors (Lipinski definition) is 0. The third kappa shape index (κ3) is 3.31. The van der Waals surface area contributed by atoms with Gasteiger partial charge in [-0.3, -0.25) is 0 Å². The predicted octanol–water partition coefficient (Wildman–Crippen LogP) is 4.97. The van der Waals surface area contributed by atoms with E-state index in [4.69, 9.17) is 16.3 Å². The van der Waals surface area contributed by atoms with E-state index in [9.17, 15) is 4.39 Å². The van der Waals surface area contributed by atoms with E-state index in [1.54, 1.807) is 7.11 Å². The second kappa shape index (κ2) is 6.27. The van der Waals surface area contributed by atoms with Crippen LogP contribution in [0.4, 0.5) is 4.39 Å². The first-order chi connectivity index (χ1) is 9.51. The number of methoxy groups -OCH3 is 1. The predicted molar refractivity (Wildman–Crippen MR) is 81.2 cm³/mol. The van der Waals surface area contributed by atoms with Gasteiger partial charge in [0.2, 0.25) is 0 Å². The fraction of sp³-hybridized carbons (Fsp3) is 0.294. The first-order valence-corrected chi connectivity index (χ1v) is 6.98. The normalized spacial score (nSPS) is 12.2. The first-order valence-electron chi connectivity index (χ1n) is 6.55. The van der Waals surface area contributed by atoms with Crippen LogP contribution >= 0.6 is 11.6 Å². The summed E-state index contributed by atoms with van der Waals surface area (Å²) >= 11 is 6.54. The molecule has 3 heteroatoms. The molecule has 1 nitrogen and oxygen atoms in total. The molecule has 0 bridgehead atoms. The second-order valence-corrected chi connectivity index (χ2v) is 5.50. The van der Waals surface area contributed by atoms with Crippen LogP contribution < -0.4 is 4.74 Å². The van der Waals surface area contributed by atoms with E-state index in [1.807, 2.05) is 38.1 Å². The van der Waals surface area contributed by atoms with Crippen molar-refractivity contribution in [3.63, 3.8) is 0 Å². The quantitative estimate of drug-likeness (QED) is 0.723. The minimum atomic E-state index is -0.214. The Balaban J connectivity index is 2.26. The zero-order valence-electron chi connectivity index (χ0n) is 11.9. The highest BCUT2D eigenvalue weighted by Crippen LogP contribution is 2.31. The first kappa shape index (κ1) is 14.9. The van der Waals surface area contributed by atoms with Crippen LogP contribution in [0.2, 0.25) is 0 Å². The van der Waals surface area contributed by atoms with Gasteiger partial charge in [0.05, 0.1) is 12.5 Å². The lowest BCUT2D eigenvalue weighted by Gasteiger charge is -2.16. The minimum absolute atomic E-state index is 0.178. The topological polar surface area (TPSA) is 9.23 Å². The van der Waals surface area contributed by atoms with Crippen molar-refractivity contribution in [3.8, 4) is 5.75 Å². The van der Waals surface area contributed by atoms with Crippen LogP contribution in [0, 0.1) is 19.7 Å². The summed E-state index contributed by atoms with van der Waals surface area (Å²) in [6.45, 7) is 3.79. The summed E-state index contributed by atoms with van der Waals surface area (Å²) in [5.74, 6) is 0.605. The van der Waals surface area contributed by atoms with Gasteiger partial charge in [-0.25, -0.2) is 4.39 Å². The zero-order chi connectivity index (χ0) is 14.7. The van der Waals surface area contributed by atoms with E-state index < -0.39 is 0 Å². The molecule has 0 aliphatic carbocycles. The Labute approximate surface area is 124 Å². The molecule has 0 aromatic heterocycles. The fourth-order valence-corrected chi connectivity index (χ4v) is 3.05. The van der Waals surface area contributed by atoms with Crippen LogP contribution in [0.25, 0.3) is 0 Å². The van der Waals surface area contributed by atoms with Gasteiger partial charge < -0.3 is 4.74 Å². The summed E-state index contributed by atoms with van der Waals surface area (Å²) in [7, 11) is 1.64. The van der Waals surface area contributed by atoms with Gasteiger partial charge >= 0.3 is 0 Å². The Morgan fingerprint density at radius 1 is 1.15 bits per heavy atom. The standard InChI is InChI=1S/C17H18ClFO/c1-11-7-14(19)8-12(2)17(11)16(18)10-13-5-4-6-15(9-13)20-3/h4-9,16H,10H2,1-3H3. The molecule has 0 aliphatic heterocycles. The van der Waals surface area contributed by atoms with Crippen LogP contribution in [0.5, 0.6) is 5.75 Å². The molecule has 0 spiro atoms. The maximum atomic E-state index is 13.3. The van der Waals surface area contributed by atoms with Crippen molar-refractivity contribution in [2.75, 3.05) is 7.11 Å². The van der Waals surface area contributed by atoms with Crippen molar-refractivity contribution in [3.05, 3.63) is 64.5 Å². The number of halogens is 2. The Hall–Kier alpha value is -1.54. The van der Waals surface area contributed by atoms with Gasteiger partial charge in [0, 0.05) is 0 Å². The molecular weight excluding hydrogens is 275 g/mol. The smallest absolute Gasteiger partial charge is 0.123 e. The van der Waals surface area contributed by atoms with Crippen molar-refractivity contribution in [1.29, 1.82) is 0 Å². The van der Waals surface area contributed by atoms with Gasteiger partial charge in [-0.15, -0.1) is 11.6 Å². The molecule has 0 N–H and O–H groups in total. The van der Waals surface area contributed by atoms with Gasteiger partial charge in [-0.2, -0.15) is 0 Å². The molecule has 0 aliphatic rings. The van der Waals surface area contributed by atoms with E-state index in [0.717, 1.165) is 28.0 Å². The molecule has 0 radical (unpaired) electrons. The van der Waals surface area contributed by atoms with Crippen molar-refractivity contribution in [1.82, 2.24) is 0 Å². The van der Waals surface area contributed by atoms with Crippen LogP contribution in [-0.2, 0) is 6.42 Å². The summed E-state index contributed by atoms with van der Waals surface area (Å²) in [5.41, 5.74) is 3.90. The van der Waals surface area contributed by atoms with Gasteiger partial charge in [-0.05, 0) is 66.8 Å². The van der Waals surface area contributed by atoms with Crippen molar-refractivity contribution in [2.24, 2.45) is 0 Å². The third-order valence-corrected chi connectivity index (χ3v) is 3.79. The molecule has 20 heavy (non-hydrogen) atoms. The second-order valence-electron chi connectivity index (χ2n) is 4.98. The largest absolute Gasteiger partial charge is 0.497 e. The minimum Gasteiger partial charge on any atom is -0.497 e. The summed E-state index contributed by atoms with van der Waals surface area (Å²) in [5, 5.41) is -0.178. The average molecular weight is 293 g/mol. The number of hydrogen-bond acceptors (Lipinski definition) is 1. The monoisotopic (exact) mass is 292 g/mol. The van der Waals surface area contributed by atoms with E-state index in [2.05, 4.69) is 0 Å². The molecule has 0 amide bonds. The van der Waals surface area contributed by atoms with Gasteiger partial charge in [-0.1, -0.05) is 12.1 Å². The van der Waals surface area contributed by atoms with Gasteiger partial charge in [0.25, 0.3) is 0 Å². The maximum absolute atomic E-state index is 13.3. The molecule has 2 aromatic carbocycles. The lowest BCUT2D eigenvalue weighted by molar-refractivity contribution is 0.414. The molecule has 1 unspecified atom stereocenters. The third-order valence-electron chi connectivity index (χ3n) is 3.42. The molecule has 0 heterocycles. The lowest BCUT2D eigenvalue weighted by Crippen LogP contribution is -2.02. The molecule has 106 valence electrons. The Kier molecular flexibility index (Phi) is 4.66. The SMILES string of the molecule is COc1cccc(CC(Cl)c2c(C)cc(F)cc2C)c1. The summed E-state index contributed by atoms with van der Waals surface area (Å²) in [4.78, 5) is 0. The molecule has 0 saturated carbocycles. The fourth-order valence-electron chi connectivity index (χ4n) is 2.52. The molecule has 2 aromatic rings. The summed E-state index contributed by atoms with van der Waals surface area (Å²) in [6.07, 6.45) is 0.687. The highest BCUT2D eigenvalue weighted by Gasteiger charge is 2.15. The number of alkyl halides is 1. The Morgan fingerprint density at radius 3 is 2.40 bits per heavy atom. The maximum Gasteiger partial charge on any atom is 0.123 e. The molecule has 0 saturated heterocycles. The Morgan fingerprint density at radius 2 is 1.80 bits per heavy atom. The molecular formula is C17H18ClFO. The molecule has 2 rings (SSSR count).